The smallest absolute Gasteiger partial charge is 0.246 e. The monoisotopic (exact) mass is 415 g/mol. The molecule has 0 atom stereocenters. The molecule has 0 spiro atoms. The Kier molecular flexibility index (Phi) is 5.84. The summed E-state index contributed by atoms with van der Waals surface area (Å²) in [6.07, 6.45) is 3.35. The van der Waals surface area contributed by atoms with Gasteiger partial charge in [0.2, 0.25) is 10.0 Å². The van der Waals surface area contributed by atoms with E-state index in [2.05, 4.69) is 11.7 Å². The molecule has 146 valence electrons. The van der Waals surface area contributed by atoms with Gasteiger partial charge in [0.15, 0.2) is 4.77 Å². The summed E-state index contributed by atoms with van der Waals surface area (Å²) in [7, 11) is -4.01. The number of nitrogens with zero attached hydrogens (tertiary/aromatic N) is 5. The first kappa shape index (κ1) is 19.8. The molecule has 3 rings (SSSR count). The van der Waals surface area contributed by atoms with Gasteiger partial charge in [-0.1, -0.05) is 6.08 Å². The van der Waals surface area contributed by atoms with E-state index in [4.69, 9.17) is 12.2 Å². The number of hydrogen-bond acceptors (Lipinski definition) is 5. The van der Waals surface area contributed by atoms with Crippen molar-refractivity contribution in [1.29, 1.82) is 0 Å². The fraction of sp³-hybridized carbons (Fsp3) is 0.375. The molecule has 0 saturated carbocycles. The average molecular weight is 415 g/mol. The Bertz CT molecular complexity index is 994. The zero-order chi connectivity index (χ0) is 19.6. The number of benzene rings is 1. The number of sulfonamides is 1. The highest BCUT2D eigenvalue weighted by Gasteiger charge is 2.31. The van der Waals surface area contributed by atoms with Gasteiger partial charge in [-0.15, -0.1) is 6.58 Å². The summed E-state index contributed by atoms with van der Waals surface area (Å²) >= 11 is 5.34. The Morgan fingerprint density at radius 2 is 1.93 bits per heavy atom. The van der Waals surface area contributed by atoms with Gasteiger partial charge in [-0.3, -0.25) is 4.90 Å². The highest BCUT2D eigenvalue weighted by molar-refractivity contribution is 7.89. The Hall–Kier alpha value is -1.95. The quantitative estimate of drug-likeness (QED) is 0.532. The molecule has 27 heavy (non-hydrogen) atoms. The molecule has 0 N–H and O–H groups in total. The summed E-state index contributed by atoms with van der Waals surface area (Å²) in [6, 6.07) is 2.47. The number of aromatic nitrogens is 3. The molecular weight excluding hydrogens is 396 g/mol. The number of piperazine rings is 1. The molecule has 0 radical (unpaired) electrons. The summed E-state index contributed by atoms with van der Waals surface area (Å²) in [5.74, 6) is -1.90. The topological polar surface area (TPSA) is 63.4 Å². The standard InChI is InChI=1S/C16H19F2N5O2S2/c1-2-5-21-11-19-23(16(21)26)12-20-6-8-22(9-7-20)27(24,25)15-4-3-13(17)10-14(15)18/h2-4,10-11H,1,5-9,12H2. The van der Waals surface area contributed by atoms with Crippen molar-refractivity contribution < 1.29 is 17.2 Å². The van der Waals surface area contributed by atoms with Crippen molar-refractivity contribution in [2.45, 2.75) is 18.1 Å². The fourth-order valence-corrected chi connectivity index (χ4v) is 4.55. The molecule has 0 unspecified atom stereocenters. The van der Waals surface area contributed by atoms with Gasteiger partial charge >= 0.3 is 0 Å². The molecule has 11 heteroatoms. The Balaban J connectivity index is 1.66. The van der Waals surface area contributed by atoms with Crippen LogP contribution in [0.3, 0.4) is 0 Å². The first-order chi connectivity index (χ1) is 12.8. The van der Waals surface area contributed by atoms with Gasteiger partial charge in [0, 0.05) is 38.8 Å². The van der Waals surface area contributed by atoms with E-state index in [1.807, 2.05) is 4.90 Å². The van der Waals surface area contributed by atoms with Crippen molar-refractivity contribution in [2.75, 3.05) is 26.2 Å². The molecule has 0 bridgehead atoms. The van der Waals surface area contributed by atoms with Crippen LogP contribution in [0, 0.1) is 16.4 Å². The maximum absolute atomic E-state index is 13.9. The summed E-state index contributed by atoms with van der Waals surface area (Å²) in [5, 5.41) is 4.23. The van der Waals surface area contributed by atoms with Crippen LogP contribution < -0.4 is 0 Å². The zero-order valence-corrected chi connectivity index (χ0v) is 16.1. The van der Waals surface area contributed by atoms with Gasteiger partial charge in [-0.2, -0.15) is 9.40 Å². The molecule has 1 saturated heterocycles. The molecule has 2 aromatic rings. The summed E-state index contributed by atoms with van der Waals surface area (Å²) in [4.78, 5) is 1.50. The van der Waals surface area contributed by atoms with Gasteiger partial charge in [0.25, 0.3) is 0 Å². The first-order valence-electron chi connectivity index (χ1n) is 8.23. The van der Waals surface area contributed by atoms with E-state index >= 15 is 0 Å². The third-order valence-electron chi connectivity index (χ3n) is 4.30. The second-order valence-electron chi connectivity index (χ2n) is 6.09. The fourth-order valence-electron chi connectivity index (χ4n) is 2.86. The third kappa shape index (κ3) is 4.15. The van der Waals surface area contributed by atoms with Crippen LogP contribution in [-0.4, -0.2) is 58.1 Å². The summed E-state index contributed by atoms with van der Waals surface area (Å²) in [5.41, 5.74) is 0. The third-order valence-corrected chi connectivity index (χ3v) is 6.68. The van der Waals surface area contributed by atoms with Gasteiger partial charge in [-0.25, -0.2) is 21.9 Å². The minimum absolute atomic E-state index is 0.194. The highest BCUT2D eigenvalue weighted by Crippen LogP contribution is 2.21. The highest BCUT2D eigenvalue weighted by atomic mass is 32.2. The van der Waals surface area contributed by atoms with Crippen LogP contribution >= 0.6 is 12.2 Å². The second-order valence-corrected chi connectivity index (χ2v) is 8.36. The van der Waals surface area contributed by atoms with Crippen LogP contribution in [-0.2, 0) is 23.2 Å². The molecule has 1 aromatic carbocycles. The van der Waals surface area contributed by atoms with Gasteiger partial charge in [0.05, 0.1) is 6.67 Å². The molecule has 1 fully saturated rings. The molecule has 1 aliphatic heterocycles. The number of rotatable bonds is 6. The molecular formula is C16H19F2N5O2S2. The molecule has 1 aromatic heterocycles. The Morgan fingerprint density at radius 1 is 1.22 bits per heavy atom. The Morgan fingerprint density at radius 3 is 2.56 bits per heavy atom. The lowest BCUT2D eigenvalue weighted by Gasteiger charge is -2.33. The Labute approximate surface area is 161 Å². The predicted octanol–water partition coefficient (Wildman–Crippen LogP) is 1.84. The van der Waals surface area contributed by atoms with E-state index in [1.165, 1.54) is 4.31 Å². The van der Waals surface area contributed by atoms with Crippen LogP contribution in [0.15, 0.2) is 42.1 Å². The predicted molar refractivity (Wildman–Crippen MR) is 97.9 cm³/mol. The number of halogens is 2. The van der Waals surface area contributed by atoms with Gasteiger partial charge in [-0.05, 0) is 24.4 Å². The van der Waals surface area contributed by atoms with Gasteiger partial charge < -0.3 is 4.57 Å². The van der Waals surface area contributed by atoms with Crippen molar-refractivity contribution in [3.63, 3.8) is 0 Å². The molecule has 0 aliphatic carbocycles. The van der Waals surface area contributed by atoms with Crippen LogP contribution in [0.2, 0.25) is 0 Å². The SMILES string of the molecule is C=CCn1cnn(CN2CCN(S(=O)(=O)c3ccc(F)cc3F)CC2)c1=S. The van der Waals surface area contributed by atoms with E-state index in [9.17, 15) is 17.2 Å². The summed E-state index contributed by atoms with van der Waals surface area (Å²) < 4.78 is 57.3. The molecule has 7 nitrogen and oxygen atoms in total. The van der Waals surface area contributed by atoms with Crippen LogP contribution in [0.5, 0.6) is 0 Å². The maximum atomic E-state index is 13.9. The minimum atomic E-state index is -4.01. The van der Waals surface area contributed by atoms with Crippen molar-refractivity contribution in [3.05, 3.63) is 53.6 Å². The second kappa shape index (κ2) is 7.97. The maximum Gasteiger partial charge on any atom is 0.246 e. The lowest BCUT2D eigenvalue weighted by atomic mass is 10.3. The van der Waals surface area contributed by atoms with E-state index < -0.39 is 26.6 Å². The zero-order valence-electron chi connectivity index (χ0n) is 14.5. The largest absolute Gasteiger partial charge is 0.303 e. The van der Waals surface area contributed by atoms with Gasteiger partial charge in [0.1, 0.15) is 22.9 Å². The molecule has 2 heterocycles. The first-order valence-corrected chi connectivity index (χ1v) is 10.1. The van der Waals surface area contributed by atoms with Crippen molar-refractivity contribution >= 4 is 22.2 Å². The van der Waals surface area contributed by atoms with E-state index in [-0.39, 0.29) is 13.1 Å². The van der Waals surface area contributed by atoms with Crippen molar-refractivity contribution in [2.24, 2.45) is 0 Å². The van der Waals surface area contributed by atoms with Crippen molar-refractivity contribution in [1.82, 2.24) is 23.6 Å². The number of allylic oxidation sites excluding steroid dienone is 1. The number of hydrogen-bond donors (Lipinski definition) is 0. The minimum Gasteiger partial charge on any atom is -0.303 e. The normalized spacial score (nSPS) is 16.5. The molecule has 1 aliphatic rings. The van der Waals surface area contributed by atoms with E-state index in [1.54, 1.807) is 21.7 Å². The average Bonchev–Trinajstić information content (AvgIpc) is 2.96. The van der Waals surface area contributed by atoms with Crippen molar-refractivity contribution in [3.8, 4) is 0 Å². The van der Waals surface area contributed by atoms with E-state index in [0.717, 1.165) is 12.1 Å². The molecule has 0 amide bonds. The lowest BCUT2D eigenvalue weighted by Crippen LogP contribution is -2.49. The summed E-state index contributed by atoms with van der Waals surface area (Å²) in [6.45, 7) is 5.93. The van der Waals surface area contributed by atoms with Crippen LogP contribution in [0.1, 0.15) is 0 Å². The lowest BCUT2D eigenvalue weighted by molar-refractivity contribution is 0.144. The van der Waals surface area contributed by atoms with Crippen LogP contribution in [0.4, 0.5) is 8.78 Å². The van der Waals surface area contributed by atoms with Crippen LogP contribution in [0.25, 0.3) is 0 Å². The van der Waals surface area contributed by atoms with E-state index in [0.29, 0.717) is 37.1 Å².